The highest BCUT2D eigenvalue weighted by atomic mass is 32.1. The van der Waals surface area contributed by atoms with Crippen LogP contribution in [0.1, 0.15) is 0 Å². The topological polar surface area (TPSA) is 50.7 Å². The van der Waals surface area contributed by atoms with E-state index in [0.29, 0.717) is 5.75 Å². The molecule has 0 aliphatic carbocycles. The number of phenolic OH excluding ortho intramolecular Hbond substituents is 1. The number of hydrogen-bond donors (Lipinski definition) is 2. The number of aromatic nitrogens is 3. The number of anilines is 1. The maximum Gasteiger partial charge on any atom is 0.202 e. The van der Waals surface area contributed by atoms with E-state index in [4.69, 9.17) is 12.2 Å². The van der Waals surface area contributed by atoms with Crippen LogP contribution in [0.3, 0.4) is 0 Å². The van der Waals surface area contributed by atoms with Gasteiger partial charge in [0.2, 0.25) is 4.77 Å². The molecular formula is C14H20N5OS+. The second-order valence-electron chi connectivity index (χ2n) is 5.44. The van der Waals surface area contributed by atoms with E-state index in [9.17, 15) is 5.11 Å². The molecule has 7 heteroatoms. The first kappa shape index (κ1) is 14.1. The van der Waals surface area contributed by atoms with Crippen LogP contribution < -0.4 is 9.80 Å². The Morgan fingerprint density at radius 2 is 1.90 bits per heavy atom. The van der Waals surface area contributed by atoms with Crippen molar-refractivity contribution in [2.24, 2.45) is 7.05 Å². The smallest absolute Gasteiger partial charge is 0.202 e. The lowest BCUT2D eigenvalue weighted by molar-refractivity contribution is -0.924. The monoisotopic (exact) mass is 306 g/mol. The molecule has 2 aromatic rings. The third-order valence-electron chi connectivity index (χ3n) is 3.95. The number of aromatic hydroxyl groups is 1. The Kier molecular flexibility index (Phi) is 3.94. The van der Waals surface area contributed by atoms with E-state index < -0.39 is 0 Å². The first-order valence-electron chi connectivity index (χ1n) is 7.09. The summed E-state index contributed by atoms with van der Waals surface area (Å²) in [7, 11) is 1.92. The van der Waals surface area contributed by atoms with Crippen LogP contribution in [0.15, 0.2) is 30.6 Å². The molecule has 0 amide bonds. The molecule has 6 nitrogen and oxygen atoms in total. The fourth-order valence-corrected chi connectivity index (χ4v) is 2.80. The van der Waals surface area contributed by atoms with Crippen LogP contribution >= 0.6 is 12.2 Å². The minimum absolute atomic E-state index is 0.313. The van der Waals surface area contributed by atoms with Crippen LogP contribution in [-0.4, -0.2) is 45.6 Å². The van der Waals surface area contributed by atoms with Crippen molar-refractivity contribution in [3.63, 3.8) is 0 Å². The molecule has 21 heavy (non-hydrogen) atoms. The maximum atomic E-state index is 9.34. The third-order valence-corrected chi connectivity index (χ3v) is 4.44. The van der Waals surface area contributed by atoms with Gasteiger partial charge in [-0.15, -0.1) is 0 Å². The molecule has 1 aliphatic rings. The molecule has 1 aromatic heterocycles. The highest BCUT2D eigenvalue weighted by molar-refractivity contribution is 7.71. The Morgan fingerprint density at radius 3 is 2.48 bits per heavy atom. The summed E-state index contributed by atoms with van der Waals surface area (Å²) in [5.74, 6) is 0.313. The third kappa shape index (κ3) is 3.08. The van der Waals surface area contributed by atoms with Crippen LogP contribution in [0.5, 0.6) is 5.75 Å². The number of aryl methyl sites for hydroxylation is 1. The van der Waals surface area contributed by atoms with Gasteiger partial charge in [0.1, 0.15) is 12.1 Å². The molecule has 0 saturated carbocycles. The molecule has 0 spiro atoms. The number of quaternary nitrogens is 1. The van der Waals surface area contributed by atoms with Crippen LogP contribution in [-0.2, 0) is 13.7 Å². The Labute approximate surface area is 128 Å². The van der Waals surface area contributed by atoms with Crippen molar-refractivity contribution in [3.05, 3.63) is 35.4 Å². The van der Waals surface area contributed by atoms with Crippen molar-refractivity contribution < 1.29 is 10.0 Å². The molecule has 0 radical (unpaired) electrons. The second kappa shape index (κ2) is 5.87. The Hall–Kier alpha value is -1.86. The zero-order valence-corrected chi connectivity index (χ0v) is 12.9. The number of nitrogens with one attached hydrogen (secondary N) is 1. The molecule has 1 aliphatic heterocycles. The van der Waals surface area contributed by atoms with E-state index in [-0.39, 0.29) is 0 Å². The minimum Gasteiger partial charge on any atom is -0.508 e. The summed E-state index contributed by atoms with van der Waals surface area (Å²) < 4.78 is 4.52. The van der Waals surface area contributed by atoms with Gasteiger partial charge in [0.05, 0.1) is 26.2 Å². The highest BCUT2D eigenvalue weighted by Gasteiger charge is 2.20. The van der Waals surface area contributed by atoms with E-state index >= 15 is 0 Å². The summed E-state index contributed by atoms with van der Waals surface area (Å²) >= 11 is 5.32. The maximum absolute atomic E-state index is 9.34. The molecule has 3 rings (SSSR count). The van der Waals surface area contributed by atoms with Crippen molar-refractivity contribution in [2.45, 2.75) is 6.67 Å². The van der Waals surface area contributed by atoms with E-state index in [0.717, 1.165) is 37.6 Å². The van der Waals surface area contributed by atoms with Gasteiger partial charge in [-0.3, -0.25) is 0 Å². The fraction of sp³-hybridized carbons (Fsp3) is 0.429. The number of piperazine rings is 1. The van der Waals surface area contributed by atoms with Gasteiger partial charge >= 0.3 is 0 Å². The van der Waals surface area contributed by atoms with Crippen molar-refractivity contribution in [3.8, 4) is 5.75 Å². The zero-order chi connectivity index (χ0) is 14.8. The normalized spacial score (nSPS) is 16.3. The van der Waals surface area contributed by atoms with Gasteiger partial charge in [-0.25, -0.2) is 0 Å². The lowest BCUT2D eigenvalue weighted by Crippen LogP contribution is -3.14. The van der Waals surface area contributed by atoms with Gasteiger partial charge in [-0.05, 0) is 36.5 Å². The number of rotatable bonds is 3. The molecule has 2 heterocycles. The van der Waals surface area contributed by atoms with Crippen molar-refractivity contribution >= 4 is 17.9 Å². The van der Waals surface area contributed by atoms with E-state index in [1.54, 1.807) is 18.5 Å². The molecular weight excluding hydrogens is 286 g/mol. The van der Waals surface area contributed by atoms with E-state index in [1.807, 2.05) is 28.4 Å². The highest BCUT2D eigenvalue weighted by Crippen LogP contribution is 2.18. The predicted molar refractivity (Wildman–Crippen MR) is 83.0 cm³/mol. The summed E-state index contributed by atoms with van der Waals surface area (Å²) in [5, 5.41) is 13.7. The summed E-state index contributed by atoms with van der Waals surface area (Å²) in [6.45, 7) is 4.93. The Morgan fingerprint density at radius 1 is 1.24 bits per heavy atom. The fourth-order valence-electron chi connectivity index (χ4n) is 2.64. The lowest BCUT2D eigenvalue weighted by Gasteiger charge is -2.33. The van der Waals surface area contributed by atoms with Crippen molar-refractivity contribution in [2.75, 3.05) is 31.1 Å². The van der Waals surface area contributed by atoms with Crippen molar-refractivity contribution in [1.29, 1.82) is 0 Å². The lowest BCUT2D eigenvalue weighted by atomic mass is 10.2. The number of phenols is 1. The van der Waals surface area contributed by atoms with E-state index in [2.05, 4.69) is 10.00 Å². The average molecular weight is 306 g/mol. The van der Waals surface area contributed by atoms with Crippen LogP contribution in [0, 0.1) is 4.77 Å². The van der Waals surface area contributed by atoms with Crippen LogP contribution in [0.2, 0.25) is 0 Å². The first-order chi connectivity index (χ1) is 10.1. The standard InChI is InChI=1S/C14H19N5OS/c1-16-10-15-19(14(16)21)11-17-6-8-18(9-7-17)12-2-4-13(20)5-3-12/h2-5,10,20H,6-9,11H2,1H3/p+1. The molecule has 112 valence electrons. The predicted octanol–water partition coefficient (Wildman–Crippen LogP) is 0.0193. The van der Waals surface area contributed by atoms with Crippen LogP contribution in [0.25, 0.3) is 0 Å². The SMILES string of the molecule is Cn1cnn(C[NH+]2CCN(c3ccc(O)cc3)CC2)c1=S. The van der Waals surface area contributed by atoms with Gasteiger partial charge in [-0.2, -0.15) is 9.78 Å². The zero-order valence-electron chi connectivity index (χ0n) is 12.1. The summed E-state index contributed by atoms with van der Waals surface area (Å²) in [6, 6.07) is 7.41. The Bertz CT molecular complexity index is 655. The van der Waals surface area contributed by atoms with Gasteiger partial charge < -0.3 is 19.5 Å². The molecule has 0 atom stereocenters. The minimum atomic E-state index is 0.313. The molecule has 2 N–H and O–H groups in total. The van der Waals surface area contributed by atoms with E-state index in [1.165, 1.54) is 10.6 Å². The van der Waals surface area contributed by atoms with Gasteiger partial charge in [0.25, 0.3) is 0 Å². The molecule has 1 aromatic carbocycles. The van der Waals surface area contributed by atoms with Crippen LogP contribution in [0.4, 0.5) is 5.69 Å². The summed E-state index contributed by atoms with van der Waals surface area (Å²) in [5.41, 5.74) is 1.17. The average Bonchev–Trinajstić information content (AvgIpc) is 2.81. The van der Waals surface area contributed by atoms with Gasteiger partial charge in [0.15, 0.2) is 6.67 Å². The largest absolute Gasteiger partial charge is 0.508 e. The number of nitrogens with zero attached hydrogens (tertiary/aromatic N) is 4. The molecule has 1 fully saturated rings. The molecule has 0 bridgehead atoms. The first-order valence-corrected chi connectivity index (χ1v) is 7.50. The van der Waals surface area contributed by atoms with Gasteiger partial charge in [0, 0.05) is 12.7 Å². The van der Waals surface area contributed by atoms with Crippen molar-refractivity contribution in [1.82, 2.24) is 14.3 Å². The summed E-state index contributed by atoms with van der Waals surface area (Å²) in [6.07, 6.45) is 1.76. The molecule has 0 unspecified atom stereocenters. The molecule has 1 saturated heterocycles. The quantitative estimate of drug-likeness (QED) is 0.785. The second-order valence-corrected chi connectivity index (χ2v) is 5.80. The van der Waals surface area contributed by atoms with Gasteiger partial charge in [-0.1, -0.05) is 0 Å². The number of hydrogen-bond acceptors (Lipinski definition) is 4. The Balaban J connectivity index is 1.59. The summed E-state index contributed by atoms with van der Waals surface area (Å²) in [4.78, 5) is 3.83. The number of benzene rings is 1.